The third-order valence-corrected chi connectivity index (χ3v) is 4.80. The van der Waals surface area contributed by atoms with E-state index in [1.54, 1.807) is 16.9 Å². The van der Waals surface area contributed by atoms with Crippen LogP contribution in [-0.2, 0) is 6.54 Å². The largest absolute Gasteiger partial charge is 0.356 e. The molecule has 0 spiro atoms. The summed E-state index contributed by atoms with van der Waals surface area (Å²) in [4.78, 5) is 19.4. The van der Waals surface area contributed by atoms with Gasteiger partial charge in [0.15, 0.2) is 5.69 Å². The van der Waals surface area contributed by atoms with Crippen molar-refractivity contribution in [3.8, 4) is 5.69 Å². The van der Waals surface area contributed by atoms with Crippen molar-refractivity contribution in [3.05, 3.63) is 72.2 Å². The highest BCUT2D eigenvalue weighted by Gasteiger charge is 2.16. The van der Waals surface area contributed by atoms with E-state index >= 15 is 0 Å². The molecule has 4 rings (SSSR count). The molecular formula is C21H23N5O. The van der Waals surface area contributed by atoms with Crippen molar-refractivity contribution in [2.75, 3.05) is 18.0 Å². The molecule has 0 atom stereocenters. The maximum atomic E-state index is 12.5. The van der Waals surface area contributed by atoms with Gasteiger partial charge in [-0.25, -0.2) is 9.67 Å². The van der Waals surface area contributed by atoms with E-state index in [9.17, 15) is 4.79 Å². The summed E-state index contributed by atoms with van der Waals surface area (Å²) < 4.78 is 1.71. The zero-order valence-corrected chi connectivity index (χ0v) is 15.2. The number of amides is 1. The van der Waals surface area contributed by atoms with E-state index < -0.39 is 0 Å². The van der Waals surface area contributed by atoms with Crippen LogP contribution < -0.4 is 10.2 Å². The number of hydrogen-bond donors (Lipinski definition) is 1. The number of hydrogen-bond acceptors (Lipinski definition) is 4. The lowest BCUT2D eigenvalue weighted by Gasteiger charge is -2.29. The Labute approximate surface area is 158 Å². The molecule has 1 amide bonds. The van der Waals surface area contributed by atoms with Crippen LogP contribution in [0, 0.1) is 0 Å². The second kappa shape index (κ2) is 8.03. The molecule has 27 heavy (non-hydrogen) atoms. The van der Waals surface area contributed by atoms with Gasteiger partial charge in [-0.3, -0.25) is 4.79 Å². The van der Waals surface area contributed by atoms with Crippen molar-refractivity contribution in [1.29, 1.82) is 0 Å². The summed E-state index contributed by atoms with van der Waals surface area (Å²) in [5, 5.41) is 7.36. The summed E-state index contributed by atoms with van der Waals surface area (Å²) in [5.41, 5.74) is 2.37. The number of nitrogens with one attached hydrogen (secondary N) is 1. The Hall–Kier alpha value is -3.15. The van der Waals surface area contributed by atoms with E-state index in [0.29, 0.717) is 12.2 Å². The van der Waals surface area contributed by atoms with Gasteiger partial charge in [-0.1, -0.05) is 24.3 Å². The minimum Gasteiger partial charge on any atom is -0.356 e. The Morgan fingerprint density at radius 2 is 1.81 bits per heavy atom. The predicted molar refractivity (Wildman–Crippen MR) is 105 cm³/mol. The fraction of sp³-hybridized carbons (Fsp3) is 0.286. The fourth-order valence-corrected chi connectivity index (χ4v) is 3.39. The molecule has 3 heterocycles. The van der Waals surface area contributed by atoms with Crippen molar-refractivity contribution in [2.24, 2.45) is 0 Å². The molecule has 0 bridgehead atoms. The molecule has 1 aromatic carbocycles. The summed E-state index contributed by atoms with van der Waals surface area (Å²) >= 11 is 0. The van der Waals surface area contributed by atoms with Gasteiger partial charge in [0.05, 0.1) is 5.69 Å². The van der Waals surface area contributed by atoms with E-state index in [1.165, 1.54) is 19.3 Å². The van der Waals surface area contributed by atoms with Crippen LogP contribution in [0.25, 0.3) is 5.69 Å². The zero-order chi connectivity index (χ0) is 18.5. The van der Waals surface area contributed by atoms with Crippen LogP contribution >= 0.6 is 0 Å². The second-order valence-corrected chi connectivity index (χ2v) is 6.70. The molecule has 2 aromatic heterocycles. The van der Waals surface area contributed by atoms with E-state index in [1.807, 2.05) is 48.7 Å². The second-order valence-electron chi connectivity index (χ2n) is 6.70. The van der Waals surface area contributed by atoms with Crippen LogP contribution in [0.1, 0.15) is 35.3 Å². The van der Waals surface area contributed by atoms with Crippen LogP contribution in [0.2, 0.25) is 0 Å². The van der Waals surface area contributed by atoms with Gasteiger partial charge in [0.1, 0.15) is 5.82 Å². The highest BCUT2D eigenvalue weighted by molar-refractivity contribution is 5.92. The van der Waals surface area contributed by atoms with Crippen molar-refractivity contribution in [3.63, 3.8) is 0 Å². The maximum absolute atomic E-state index is 12.5. The molecule has 0 saturated carbocycles. The lowest BCUT2D eigenvalue weighted by atomic mass is 10.1. The molecule has 1 aliphatic heterocycles. The summed E-state index contributed by atoms with van der Waals surface area (Å²) in [7, 11) is 0. The topological polar surface area (TPSA) is 63.1 Å². The minimum absolute atomic E-state index is 0.182. The van der Waals surface area contributed by atoms with E-state index in [4.69, 9.17) is 0 Å². The van der Waals surface area contributed by atoms with E-state index in [2.05, 4.69) is 20.3 Å². The molecule has 6 nitrogen and oxygen atoms in total. The third-order valence-electron chi connectivity index (χ3n) is 4.80. The van der Waals surface area contributed by atoms with Gasteiger partial charge in [-0.05, 0) is 43.5 Å². The smallest absolute Gasteiger partial charge is 0.272 e. The number of para-hydroxylation sites is 1. The average Bonchev–Trinajstić information content (AvgIpc) is 3.24. The number of anilines is 1. The Kier molecular flexibility index (Phi) is 5.14. The Morgan fingerprint density at radius 1 is 1.00 bits per heavy atom. The summed E-state index contributed by atoms with van der Waals surface area (Å²) in [6, 6.07) is 15.4. The van der Waals surface area contributed by atoms with Crippen molar-refractivity contribution in [2.45, 2.75) is 25.8 Å². The summed E-state index contributed by atoms with van der Waals surface area (Å²) in [6.07, 6.45) is 7.28. The first-order valence-electron chi connectivity index (χ1n) is 9.39. The molecule has 0 radical (unpaired) electrons. The van der Waals surface area contributed by atoms with Gasteiger partial charge in [0.25, 0.3) is 5.91 Å². The average molecular weight is 361 g/mol. The molecule has 0 aliphatic carbocycles. The first-order chi connectivity index (χ1) is 13.3. The molecule has 1 N–H and O–H groups in total. The number of piperidine rings is 1. The monoisotopic (exact) mass is 361 g/mol. The molecule has 3 aromatic rings. The van der Waals surface area contributed by atoms with Crippen molar-refractivity contribution in [1.82, 2.24) is 20.1 Å². The van der Waals surface area contributed by atoms with Crippen LogP contribution in [0.15, 0.2) is 60.9 Å². The molecule has 0 unspecified atom stereocenters. The van der Waals surface area contributed by atoms with Gasteiger partial charge < -0.3 is 10.2 Å². The number of nitrogens with zero attached hydrogens (tertiary/aromatic N) is 4. The number of pyridine rings is 1. The lowest BCUT2D eigenvalue weighted by Crippen LogP contribution is -2.32. The highest BCUT2D eigenvalue weighted by atomic mass is 16.1. The third kappa shape index (κ3) is 4.00. The van der Waals surface area contributed by atoms with Crippen LogP contribution in [0.3, 0.4) is 0 Å². The normalized spacial score (nSPS) is 14.1. The van der Waals surface area contributed by atoms with Crippen LogP contribution in [-0.4, -0.2) is 33.8 Å². The van der Waals surface area contributed by atoms with Crippen LogP contribution in [0.4, 0.5) is 5.82 Å². The number of carbonyl (C=O) groups is 1. The number of carbonyl (C=O) groups excluding carboxylic acids is 1. The molecular weight excluding hydrogens is 338 g/mol. The number of aromatic nitrogens is 3. The standard InChI is InChI=1S/C21H23N5O/c27-21(19-11-15-26(24-19)18-9-3-1-4-10-18)23-16-17-8-7-12-22-20(17)25-13-5-2-6-14-25/h1,3-4,7-12,15H,2,5-6,13-14,16H2,(H,23,27). The van der Waals surface area contributed by atoms with Crippen LogP contribution in [0.5, 0.6) is 0 Å². The lowest BCUT2D eigenvalue weighted by molar-refractivity contribution is 0.0945. The fourth-order valence-electron chi connectivity index (χ4n) is 3.39. The van der Waals surface area contributed by atoms with Gasteiger partial charge in [0.2, 0.25) is 0 Å². The molecule has 1 saturated heterocycles. The molecule has 1 aliphatic rings. The first kappa shape index (κ1) is 17.3. The van der Waals surface area contributed by atoms with Gasteiger partial charge in [-0.15, -0.1) is 0 Å². The molecule has 6 heteroatoms. The van der Waals surface area contributed by atoms with E-state index in [0.717, 1.165) is 30.2 Å². The number of rotatable bonds is 5. The Bertz CT molecular complexity index is 900. The van der Waals surface area contributed by atoms with Gasteiger partial charge in [0, 0.05) is 37.6 Å². The quantitative estimate of drug-likeness (QED) is 0.758. The number of benzene rings is 1. The predicted octanol–water partition coefficient (Wildman–Crippen LogP) is 3.19. The Morgan fingerprint density at radius 3 is 2.63 bits per heavy atom. The summed E-state index contributed by atoms with van der Waals surface area (Å²) in [5.74, 6) is 0.797. The van der Waals surface area contributed by atoms with Crippen molar-refractivity contribution >= 4 is 11.7 Å². The highest BCUT2D eigenvalue weighted by Crippen LogP contribution is 2.21. The maximum Gasteiger partial charge on any atom is 0.272 e. The minimum atomic E-state index is -0.182. The van der Waals surface area contributed by atoms with Gasteiger partial charge >= 0.3 is 0 Å². The first-order valence-corrected chi connectivity index (χ1v) is 9.39. The van der Waals surface area contributed by atoms with E-state index in [-0.39, 0.29) is 5.91 Å². The zero-order valence-electron chi connectivity index (χ0n) is 15.2. The Balaban J connectivity index is 1.43. The molecule has 1 fully saturated rings. The summed E-state index contributed by atoms with van der Waals surface area (Å²) in [6.45, 7) is 2.50. The van der Waals surface area contributed by atoms with Gasteiger partial charge in [-0.2, -0.15) is 5.10 Å². The van der Waals surface area contributed by atoms with Crippen molar-refractivity contribution < 1.29 is 4.79 Å². The SMILES string of the molecule is O=C(NCc1cccnc1N1CCCCC1)c1ccn(-c2ccccc2)n1. The molecule has 138 valence electrons.